The molecular weight excluding hydrogens is 679 g/mol. The molecule has 0 aromatic rings. The molecule has 4 aliphatic rings. The molecular formula is C48H93N5O2. The Morgan fingerprint density at radius 3 is 2.29 bits per heavy atom. The quantitative estimate of drug-likeness (QED) is 0.0488. The number of rotatable bonds is 27. The van der Waals surface area contributed by atoms with Crippen molar-refractivity contribution >= 4 is 0 Å². The van der Waals surface area contributed by atoms with E-state index in [4.69, 9.17) is 20.9 Å². The summed E-state index contributed by atoms with van der Waals surface area (Å²) in [4.78, 5) is 2.31. The van der Waals surface area contributed by atoms with Gasteiger partial charge in [0.15, 0.2) is 0 Å². The highest BCUT2D eigenvalue weighted by Gasteiger charge is 2.64. The highest BCUT2D eigenvalue weighted by molar-refractivity contribution is 5.13. The molecule has 0 bridgehead atoms. The first-order chi connectivity index (χ1) is 26.7. The van der Waals surface area contributed by atoms with Gasteiger partial charge in [0.25, 0.3) is 0 Å². The molecule has 11 atom stereocenters. The largest absolute Gasteiger partial charge is 0.378 e. The minimum absolute atomic E-state index is 0.181. The van der Waals surface area contributed by atoms with Crippen molar-refractivity contribution in [3.05, 3.63) is 12.2 Å². The number of nitrogens with one attached hydrogen (secondary N) is 2. The van der Waals surface area contributed by atoms with E-state index in [-0.39, 0.29) is 5.41 Å². The molecule has 0 heterocycles. The first-order valence-corrected chi connectivity index (χ1v) is 24.1. The third-order valence-electron chi connectivity index (χ3n) is 15.7. The lowest BCUT2D eigenvalue weighted by molar-refractivity contribution is -0.202. The second-order valence-electron chi connectivity index (χ2n) is 19.7. The predicted octanol–water partition coefficient (Wildman–Crippen LogP) is 9.34. The molecule has 0 aromatic carbocycles. The molecule has 0 spiro atoms. The van der Waals surface area contributed by atoms with E-state index < -0.39 is 0 Å². The molecule has 7 nitrogen and oxygen atoms in total. The van der Waals surface area contributed by atoms with Gasteiger partial charge in [-0.3, -0.25) is 0 Å². The van der Waals surface area contributed by atoms with E-state index in [2.05, 4.69) is 69.5 Å². The number of hydrogen-bond donors (Lipinski definition) is 4. The van der Waals surface area contributed by atoms with Gasteiger partial charge in [0.1, 0.15) is 0 Å². The highest BCUT2D eigenvalue weighted by atomic mass is 16.5. The maximum absolute atomic E-state index is 7.16. The second kappa shape index (κ2) is 25.2. The van der Waals surface area contributed by atoms with Gasteiger partial charge in [-0.1, -0.05) is 65.5 Å². The number of hydrogen-bond acceptors (Lipinski definition) is 7. The molecule has 1 unspecified atom stereocenters. The highest BCUT2D eigenvalue weighted by Crippen LogP contribution is 2.68. The Hall–Kier alpha value is -0.540. The summed E-state index contributed by atoms with van der Waals surface area (Å²) >= 11 is 0. The van der Waals surface area contributed by atoms with Crippen LogP contribution >= 0.6 is 0 Å². The molecule has 4 saturated carbocycles. The van der Waals surface area contributed by atoms with Gasteiger partial charge in [-0.2, -0.15) is 0 Å². The zero-order valence-corrected chi connectivity index (χ0v) is 37.3. The Morgan fingerprint density at radius 1 is 0.782 bits per heavy atom. The maximum Gasteiger partial charge on any atom is 0.0637 e. The number of allylic oxidation sites excluding steroid dienone is 2. The third kappa shape index (κ3) is 13.5. The lowest BCUT2D eigenvalue weighted by Crippen LogP contribution is -2.61. The van der Waals surface area contributed by atoms with Gasteiger partial charge in [-0.15, -0.1) is 0 Å². The summed E-state index contributed by atoms with van der Waals surface area (Å²) < 4.78 is 14.2. The Bertz CT molecular complexity index is 1040. The van der Waals surface area contributed by atoms with Crippen molar-refractivity contribution in [1.29, 1.82) is 0 Å². The summed E-state index contributed by atoms with van der Waals surface area (Å²) in [7, 11) is 4.38. The fraction of sp³-hybridized carbons (Fsp3) is 0.958. The lowest BCUT2D eigenvalue weighted by atomic mass is 9.45. The zero-order chi connectivity index (χ0) is 39.5. The van der Waals surface area contributed by atoms with Crippen LogP contribution in [0, 0.1) is 46.3 Å². The van der Waals surface area contributed by atoms with E-state index in [0.717, 1.165) is 51.6 Å². The summed E-state index contributed by atoms with van der Waals surface area (Å²) in [5.41, 5.74) is 12.6. The summed E-state index contributed by atoms with van der Waals surface area (Å²) in [6.45, 7) is 17.9. The average Bonchev–Trinajstić information content (AvgIpc) is 3.53. The number of nitrogens with zero attached hydrogens (tertiary/aromatic N) is 1. The molecule has 7 heteroatoms. The van der Waals surface area contributed by atoms with Gasteiger partial charge in [-0.25, -0.2) is 0 Å². The minimum Gasteiger partial charge on any atom is -0.378 e. The zero-order valence-electron chi connectivity index (χ0n) is 37.3. The molecule has 0 amide bonds. The summed E-state index contributed by atoms with van der Waals surface area (Å²) in [5.74, 6) is 4.10. The topological polar surface area (TPSA) is 97.8 Å². The number of unbranched alkanes of at least 4 members (excludes halogenated alkanes) is 5. The number of nitrogens with two attached hydrogens (primary N) is 2. The Morgan fingerprint density at radius 2 is 1.53 bits per heavy atom. The normalized spacial score (nSPS) is 34.3. The van der Waals surface area contributed by atoms with Crippen LogP contribution in [-0.4, -0.2) is 89.7 Å². The van der Waals surface area contributed by atoms with Gasteiger partial charge in [0, 0.05) is 24.7 Å². The molecule has 55 heavy (non-hydrogen) atoms. The van der Waals surface area contributed by atoms with Crippen LogP contribution in [0.1, 0.15) is 163 Å². The maximum atomic E-state index is 7.16. The Balaban J connectivity index is 1.43. The molecule has 322 valence electrons. The van der Waals surface area contributed by atoms with Crippen molar-refractivity contribution < 1.29 is 9.47 Å². The fourth-order valence-corrected chi connectivity index (χ4v) is 12.7. The van der Waals surface area contributed by atoms with Crippen LogP contribution in [0.15, 0.2) is 12.2 Å². The van der Waals surface area contributed by atoms with E-state index in [9.17, 15) is 0 Å². The molecule has 6 N–H and O–H groups in total. The fourth-order valence-electron chi connectivity index (χ4n) is 12.7. The van der Waals surface area contributed by atoms with Crippen molar-refractivity contribution in [2.45, 2.75) is 181 Å². The first kappa shape index (κ1) is 47.1. The standard InChI is InChI=1S/C48H93N5O2/c1-7-8-9-10-11-12-13-14-15-30-51-31-17-21-38(2)41-24-25-42-46-43(37-45(48(41,42)4)55-35-19-29-50)47(3)27-26-40(52-32-20-33-53(5)6)36-39(47)22-16-23-44(46)54-34-18-28-49/h8-9,38-46,51-52H,7,10-37,49-50H2,1-6H3/b9-8+/t38-,39+,40-,41-,42+,43+,44-,45+,46+,47+,48?/m1/s1. The molecule has 4 fully saturated rings. The van der Waals surface area contributed by atoms with Gasteiger partial charge in [0.2, 0.25) is 0 Å². The van der Waals surface area contributed by atoms with Crippen molar-refractivity contribution in [3.8, 4) is 0 Å². The van der Waals surface area contributed by atoms with E-state index in [0.29, 0.717) is 66.3 Å². The summed E-state index contributed by atoms with van der Waals surface area (Å²) in [5, 5.41) is 7.83. The van der Waals surface area contributed by atoms with Crippen LogP contribution < -0.4 is 22.1 Å². The van der Waals surface area contributed by atoms with E-state index in [1.165, 1.54) is 129 Å². The van der Waals surface area contributed by atoms with E-state index in [1.807, 2.05) is 0 Å². The molecule has 0 radical (unpaired) electrons. The smallest absolute Gasteiger partial charge is 0.0637 e. The Labute approximate surface area is 341 Å². The van der Waals surface area contributed by atoms with Crippen LogP contribution in [0.5, 0.6) is 0 Å². The van der Waals surface area contributed by atoms with Crippen LogP contribution in [0.3, 0.4) is 0 Å². The SMILES string of the molecule is CC/C=C/CCCCCCCNCCC[C@@H](C)[C@H]1CC[C@H]2[C@@H]3[C@H](OCCCN)CCC[C@H]4C[C@H](NCCCN(C)C)CC[C@]4(C)[C@H]3C[C@H](OCCCN)C12C. The number of fused-ring (bicyclic) bond motifs is 5. The van der Waals surface area contributed by atoms with Crippen LogP contribution in [0.25, 0.3) is 0 Å². The summed E-state index contributed by atoms with van der Waals surface area (Å²) in [6, 6.07) is 0.661. The van der Waals surface area contributed by atoms with E-state index >= 15 is 0 Å². The van der Waals surface area contributed by atoms with Crippen molar-refractivity contribution in [2.24, 2.45) is 57.8 Å². The van der Waals surface area contributed by atoms with Gasteiger partial charge < -0.3 is 36.5 Å². The summed E-state index contributed by atoms with van der Waals surface area (Å²) in [6.07, 6.45) is 32.0. The Kier molecular flexibility index (Phi) is 21.6. The van der Waals surface area contributed by atoms with Crippen LogP contribution in [-0.2, 0) is 9.47 Å². The lowest BCUT2D eigenvalue weighted by Gasteiger charge is -2.62. The van der Waals surface area contributed by atoms with Crippen LogP contribution in [0.4, 0.5) is 0 Å². The average molecular weight is 772 g/mol. The van der Waals surface area contributed by atoms with Gasteiger partial charge in [-0.05, 0) is 203 Å². The first-order valence-electron chi connectivity index (χ1n) is 24.1. The number of ether oxygens (including phenoxy) is 2. The third-order valence-corrected chi connectivity index (χ3v) is 15.7. The van der Waals surface area contributed by atoms with Crippen molar-refractivity contribution in [2.75, 3.05) is 66.6 Å². The monoisotopic (exact) mass is 772 g/mol. The molecule has 4 rings (SSSR count). The van der Waals surface area contributed by atoms with E-state index in [1.54, 1.807) is 0 Å². The van der Waals surface area contributed by atoms with Crippen molar-refractivity contribution in [3.63, 3.8) is 0 Å². The van der Waals surface area contributed by atoms with Crippen molar-refractivity contribution in [1.82, 2.24) is 15.5 Å². The van der Waals surface area contributed by atoms with Crippen LogP contribution in [0.2, 0.25) is 0 Å². The molecule has 0 aromatic heterocycles. The van der Waals surface area contributed by atoms with Gasteiger partial charge in [0.05, 0.1) is 12.2 Å². The van der Waals surface area contributed by atoms with Gasteiger partial charge >= 0.3 is 0 Å². The second-order valence-corrected chi connectivity index (χ2v) is 19.7. The molecule has 0 saturated heterocycles. The molecule has 4 aliphatic carbocycles. The minimum atomic E-state index is 0.181. The predicted molar refractivity (Wildman–Crippen MR) is 235 cm³/mol. The molecule has 0 aliphatic heterocycles.